The number of carbonyl (C=O) groups is 2. The first-order valence-electron chi connectivity index (χ1n) is 13.7. The summed E-state index contributed by atoms with van der Waals surface area (Å²) in [7, 11) is 0. The lowest BCUT2D eigenvalue weighted by Gasteiger charge is -2.38. The summed E-state index contributed by atoms with van der Waals surface area (Å²) in [5.41, 5.74) is 5.16. The first-order chi connectivity index (χ1) is 19.4. The van der Waals surface area contributed by atoms with Crippen molar-refractivity contribution in [1.82, 2.24) is 10.2 Å². The number of carbonyl (C=O) groups excluding carboxylic acids is 2. The lowest BCUT2D eigenvalue weighted by Crippen LogP contribution is -2.41. The molecule has 1 aromatic heterocycles. The Morgan fingerprint density at radius 2 is 1.85 bits per heavy atom. The van der Waals surface area contributed by atoms with Gasteiger partial charge in [-0.05, 0) is 84.8 Å². The summed E-state index contributed by atoms with van der Waals surface area (Å²) in [6.07, 6.45) is 2.61. The van der Waals surface area contributed by atoms with Gasteiger partial charge in [0.1, 0.15) is 23.9 Å². The Hall–Kier alpha value is -4.39. The first-order valence-corrected chi connectivity index (χ1v) is 13.7. The molecule has 3 aromatic carbocycles. The lowest BCUT2D eigenvalue weighted by molar-refractivity contribution is -0.134. The highest BCUT2D eigenvalue weighted by molar-refractivity contribution is 5.91. The number of fused-ring (bicyclic) bond motifs is 1. The topological polar surface area (TPSA) is 71.8 Å². The SMILES string of the molecule is Cc1cccc(CNC(=O)c2ccc(COc3ccc4c(c3)C(c3ccc(F)cc3)N(C(=O)C3CC3)CC4)o2)c1. The Kier molecular flexibility index (Phi) is 7.11. The normalized spacial score (nSPS) is 16.4. The van der Waals surface area contributed by atoms with Crippen LogP contribution >= 0.6 is 0 Å². The van der Waals surface area contributed by atoms with Crippen LogP contribution in [0.1, 0.15) is 63.0 Å². The minimum absolute atomic E-state index is 0.0890. The summed E-state index contributed by atoms with van der Waals surface area (Å²) in [6, 6.07) is 23.4. The van der Waals surface area contributed by atoms with Crippen LogP contribution in [-0.2, 0) is 24.4 Å². The number of benzene rings is 3. The van der Waals surface area contributed by atoms with Crippen LogP contribution in [0, 0.1) is 18.7 Å². The van der Waals surface area contributed by atoms with E-state index >= 15 is 0 Å². The van der Waals surface area contributed by atoms with E-state index in [1.54, 1.807) is 24.3 Å². The molecule has 6 rings (SSSR count). The van der Waals surface area contributed by atoms with Crippen LogP contribution < -0.4 is 10.1 Å². The van der Waals surface area contributed by atoms with Gasteiger partial charge in [-0.15, -0.1) is 0 Å². The van der Waals surface area contributed by atoms with Gasteiger partial charge in [0, 0.05) is 19.0 Å². The number of rotatable bonds is 8. The second-order valence-electron chi connectivity index (χ2n) is 10.6. The fourth-order valence-corrected chi connectivity index (χ4v) is 5.31. The summed E-state index contributed by atoms with van der Waals surface area (Å²) in [6.45, 7) is 3.21. The summed E-state index contributed by atoms with van der Waals surface area (Å²) in [4.78, 5) is 27.7. The van der Waals surface area contributed by atoms with Gasteiger partial charge >= 0.3 is 0 Å². The van der Waals surface area contributed by atoms with Crippen molar-refractivity contribution in [2.24, 2.45) is 5.92 Å². The number of nitrogens with one attached hydrogen (secondary N) is 1. The van der Waals surface area contributed by atoms with Crippen LogP contribution in [0.25, 0.3) is 0 Å². The van der Waals surface area contributed by atoms with Crippen LogP contribution in [0.2, 0.25) is 0 Å². The van der Waals surface area contributed by atoms with Gasteiger partial charge < -0.3 is 19.4 Å². The summed E-state index contributed by atoms with van der Waals surface area (Å²) >= 11 is 0. The highest BCUT2D eigenvalue weighted by atomic mass is 19.1. The van der Waals surface area contributed by atoms with E-state index in [0.29, 0.717) is 24.6 Å². The molecule has 1 fully saturated rings. The average molecular weight is 539 g/mol. The van der Waals surface area contributed by atoms with Crippen molar-refractivity contribution >= 4 is 11.8 Å². The van der Waals surface area contributed by atoms with E-state index in [2.05, 4.69) is 5.32 Å². The minimum Gasteiger partial charge on any atom is -0.486 e. The van der Waals surface area contributed by atoms with Crippen molar-refractivity contribution in [1.29, 1.82) is 0 Å². The van der Waals surface area contributed by atoms with E-state index in [1.807, 2.05) is 54.3 Å². The summed E-state index contributed by atoms with van der Waals surface area (Å²) in [5, 5.41) is 2.88. The van der Waals surface area contributed by atoms with E-state index in [-0.39, 0.29) is 42.0 Å². The van der Waals surface area contributed by atoms with E-state index < -0.39 is 0 Å². The Balaban J connectivity index is 1.16. The van der Waals surface area contributed by atoms with Crippen molar-refractivity contribution in [2.45, 2.75) is 45.4 Å². The lowest BCUT2D eigenvalue weighted by atomic mass is 9.87. The second kappa shape index (κ2) is 11.0. The number of hydrogen-bond acceptors (Lipinski definition) is 4. The molecular formula is C33H31FN2O4. The monoisotopic (exact) mass is 538 g/mol. The van der Waals surface area contributed by atoms with Crippen molar-refractivity contribution in [2.75, 3.05) is 6.54 Å². The molecule has 1 N–H and O–H groups in total. The molecule has 2 aliphatic rings. The van der Waals surface area contributed by atoms with E-state index in [0.717, 1.165) is 47.1 Å². The third kappa shape index (κ3) is 5.64. The molecule has 1 aliphatic carbocycles. The molecule has 6 nitrogen and oxygen atoms in total. The van der Waals surface area contributed by atoms with Gasteiger partial charge in [-0.25, -0.2) is 4.39 Å². The molecule has 204 valence electrons. The molecule has 2 amide bonds. The predicted molar refractivity (Wildman–Crippen MR) is 148 cm³/mol. The zero-order chi connectivity index (χ0) is 27.6. The molecule has 1 aliphatic heterocycles. The smallest absolute Gasteiger partial charge is 0.287 e. The average Bonchev–Trinajstić information content (AvgIpc) is 3.71. The molecule has 0 saturated heterocycles. The molecule has 0 radical (unpaired) electrons. The van der Waals surface area contributed by atoms with Crippen molar-refractivity contribution in [3.05, 3.63) is 124 Å². The maximum atomic E-state index is 13.7. The highest BCUT2D eigenvalue weighted by Gasteiger charge is 2.39. The molecule has 7 heteroatoms. The van der Waals surface area contributed by atoms with Gasteiger partial charge in [-0.3, -0.25) is 9.59 Å². The van der Waals surface area contributed by atoms with Gasteiger partial charge in [0.15, 0.2) is 5.76 Å². The number of furan rings is 1. The molecule has 0 spiro atoms. The standard InChI is InChI=1S/C33H31FN2O4/c1-21-3-2-4-22(17-21)19-35-32(37)30-14-13-28(40-30)20-39-27-12-9-23-15-16-36(33(38)25-5-6-25)31(29(23)18-27)24-7-10-26(34)11-8-24/h2-4,7-14,17-18,25,31H,5-6,15-16,19-20H2,1H3,(H,35,37). The van der Waals surface area contributed by atoms with Crippen LogP contribution in [-0.4, -0.2) is 23.3 Å². The number of hydrogen-bond donors (Lipinski definition) is 1. The maximum Gasteiger partial charge on any atom is 0.287 e. The van der Waals surface area contributed by atoms with Crippen molar-refractivity contribution < 1.29 is 23.1 Å². The van der Waals surface area contributed by atoms with Crippen molar-refractivity contribution in [3.63, 3.8) is 0 Å². The first kappa shape index (κ1) is 25.9. The zero-order valence-electron chi connectivity index (χ0n) is 22.4. The number of aryl methyl sites for hydroxylation is 1. The Morgan fingerprint density at radius 1 is 1.02 bits per heavy atom. The molecule has 1 unspecified atom stereocenters. The van der Waals surface area contributed by atoms with Gasteiger partial charge in [0.25, 0.3) is 5.91 Å². The van der Waals surface area contributed by atoms with E-state index in [1.165, 1.54) is 12.1 Å². The molecule has 1 saturated carbocycles. The molecule has 0 bridgehead atoms. The van der Waals surface area contributed by atoms with Crippen LogP contribution in [0.5, 0.6) is 5.75 Å². The zero-order valence-corrected chi connectivity index (χ0v) is 22.4. The third-order valence-electron chi connectivity index (χ3n) is 7.54. The van der Waals surface area contributed by atoms with Crippen LogP contribution in [0.15, 0.2) is 83.3 Å². The van der Waals surface area contributed by atoms with Gasteiger partial charge in [0.2, 0.25) is 5.91 Å². The number of nitrogens with zero attached hydrogens (tertiary/aromatic N) is 1. The molecule has 1 atom stereocenters. The van der Waals surface area contributed by atoms with Crippen LogP contribution in [0.4, 0.5) is 4.39 Å². The van der Waals surface area contributed by atoms with E-state index in [4.69, 9.17) is 9.15 Å². The number of amides is 2. The second-order valence-corrected chi connectivity index (χ2v) is 10.6. The number of halogens is 1. The maximum absolute atomic E-state index is 13.7. The third-order valence-corrected chi connectivity index (χ3v) is 7.54. The Morgan fingerprint density at radius 3 is 2.62 bits per heavy atom. The van der Waals surface area contributed by atoms with Crippen LogP contribution in [0.3, 0.4) is 0 Å². The number of ether oxygens (including phenoxy) is 1. The Labute approximate surface area is 232 Å². The largest absolute Gasteiger partial charge is 0.486 e. The molecule has 40 heavy (non-hydrogen) atoms. The van der Waals surface area contributed by atoms with Crippen molar-refractivity contribution in [3.8, 4) is 5.75 Å². The Bertz CT molecular complexity index is 1540. The fraction of sp³-hybridized carbons (Fsp3) is 0.273. The predicted octanol–water partition coefficient (Wildman–Crippen LogP) is 6.12. The van der Waals surface area contributed by atoms with Gasteiger partial charge in [0.05, 0.1) is 6.04 Å². The summed E-state index contributed by atoms with van der Waals surface area (Å²) in [5.74, 6) is 1.04. The molecular weight excluding hydrogens is 507 g/mol. The molecule has 2 heterocycles. The van der Waals surface area contributed by atoms with E-state index in [9.17, 15) is 14.0 Å². The fourth-order valence-electron chi connectivity index (χ4n) is 5.31. The quantitative estimate of drug-likeness (QED) is 0.293. The minimum atomic E-state index is -0.307. The molecule has 4 aromatic rings. The van der Waals surface area contributed by atoms with Gasteiger partial charge in [-0.2, -0.15) is 0 Å². The summed E-state index contributed by atoms with van der Waals surface area (Å²) < 4.78 is 25.5. The highest BCUT2D eigenvalue weighted by Crippen LogP contribution is 2.41. The van der Waals surface area contributed by atoms with Gasteiger partial charge in [-0.1, -0.05) is 48.0 Å².